The summed E-state index contributed by atoms with van der Waals surface area (Å²) in [4.78, 5) is 16.9. The van der Waals surface area contributed by atoms with Crippen molar-refractivity contribution in [2.45, 2.75) is 6.92 Å². The second-order valence-electron chi connectivity index (χ2n) is 6.58. The van der Waals surface area contributed by atoms with E-state index in [0.29, 0.717) is 50.8 Å². The van der Waals surface area contributed by atoms with Gasteiger partial charge in [-0.2, -0.15) is 9.36 Å². The fourth-order valence-corrected chi connectivity index (χ4v) is 3.60. The molecule has 4 rings (SSSR count). The minimum absolute atomic E-state index is 0.312. The number of nitrogens with one attached hydrogen (secondary N) is 1. The van der Waals surface area contributed by atoms with E-state index in [1.165, 1.54) is 0 Å². The van der Waals surface area contributed by atoms with Gasteiger partial charge in [-0.05, 0) is 37.3 Å². The molecule has 0 aliphatic rings. The molecule has 2 aromatic carbocycles. The molecule has 164 valence electrons. The van der Waals surface area contributed by atoms with Gasteiger partial charge in [0.1, 0.15) is 22.9 Å². The third-order valence-corrected chi connectivity index (χ3v) is 5.33. The van der Waals surface area contributed by atoms with Gasteiger partial charge in [0.05, 0.1) is 27.0 Å². The molecule has 10 nitrogen and oxygen atoms in total. The van der Waals surface area contributed by atoms with Gasteiger partial charge < -0.3 is 14.2 Å². The van der Waals surface area contributed by atoms with Crippen molar-refractivity contribution < 1.29 is 19.0 Å². The van der Waals surface area contributed by atoms with E-state index in [1.807, 2.05) is 6.92 Å². The molecule has 0 aliphatic heterocycles. The van der Waals surface area contributed by atoms with Crippen LogP contribution in [0.3, 0.4) is 0 Å². The molecule has 0 aliphatic carbocycles. The lowest BCUT2D eigenvalue weighted by atomic mass is 10.2. The highest BCUT2D eigenvalue weighted by Crippen LogP contribution is 2.30. The summed E-state index contributed by atoms with van der Waals surface area (Å²) in [7, 11) is 4.72. The zero-order chi connectivity index (χ0) is 22.7. The smallest absolute Gasteiger partial charge is 0.257 e. The Balaban J connectivity index is 1.59. The molecular weight excluding hydrogens is 432 g/mol. The molecule has 0 spiro atoms. The summed E-state index contributed by atoms with van der Waals surface area (Å²) in [6.07, 6.45) is 0. The maximum atomic E-state index is 12.5. The Morgan fingerprint density at radius 3 is 2.56 bits per heavy atom. The van der Waals surface area contributed by atoms with E-state index in [2.05, 4.69) is 25.0 Å². The van der Waals surface area contributed by atoms with Crippen molar-refractivity contribution in [3.8, 4) is 34.5 Å². The first-order valence-electron chi connectivity index (χ1n) is 9.48. The summed E-state index contributed by atoms with van der Waals surface area (Å²) >= 11 is 1.06. The van der Waals surface area contributed by atoms with Crippen LogP contribution in [0.2, 0.25) is 0 Å². The van der Waals surface area contributed by atoms with E-state index in [0.717, 1.165) is 11.5 Å². The first kappa shape index (κ1) is 21.2. The van der Waals surface area contributed by atoms with Gasteiger partial charge in [-0.1, -0.05) is 11.3 Å². The minimum atomic E-state index is -0.312. The molecule has 32 heavy (non-hydrogen) atoms. The first-order valence-corrected chi connectivity index (χ1v) is 10.3. The molecule has 0 atom stereocenters. The van der Waals surface area contributed by atoms with Crippen LogP contribution in [0.4, 0.5) is 5.13 Å². The summed E-state index contributed by atoms with van der Waals surface area (Å²) in [5.74, 6) is 1.92. The molecule has 0 saturated heterocycles. The van der Waals surface area contributed by atoms with Crippen molar-refractivity contribution in [1.82, 2.24) is 24.4 Å². The molecule has 0 bridgehead atoms. The van der Waals surface area contributed by atoms with Crippen LogP contribution >= 0.6 is 11.5 Å². The second-order valence-corrected chi connectivity index (χ2v) is 7.33. The van der Waals surface area contributed by atoms with Crippen LogP contribution in [0.1, 0.15) is 16.1 Å². The molecule has 4 aromatic rings. The molecular formula is C21H20N6O4S. The lowest BCUT2D eigenvalue weighted by Crippen LogP contribution is -2.11. The number of hydrogen-bond acceptors (Lipinski definition) is 9. The zero-order valence-electron chi connectivity index (χ0n) is 17.8. The summed E-state index contributed by atoms with van der Waals surface area (Å²) < 4.78 is 21.9. The number of methoxy groups -OCH3 is 3. The number of carbonyl (C=O) groups is 1. The fourth-order valence-electron chi connectivity index (χ4n) is 3.03. The van der Waals surface area contributed by atoms with Crippen molar-refractivity contribution in [2.24, 2.45) is 0 Å². The third kappa shape index (κ3) is 4.10. The van der Waals surface area contributed by atoms with Crippen molar-refractivity contribution in [3.05, 3.63) is 53.7 Å². The van der Waals surface area contributed by atoms with Gasteiger partial charge in [-0.3, -0.25) is 10.1 Å². The normalized spacial score (nSPS) is 10.6. The van der Waals surface area contributed by atoms with Crippen LogP contribution < -0.4 is 19.5 Å². The predicted molar refractivity (Wildman–Crippen MR) is 119 cm³/mol. The van der Waals surface area contributed by atoms with Crippen molar-refractivity contribution in [3.63, 3.8) is 0 Å². The zero-order valence-corrected chi connectivity index (χ0v) is 18.6. The van der Waals surface area contributed by atoms with Crippen LogP contribution in [-0.2, 0) is 0 Å². The number of nitrogens with zero attached hydrogens (tertiary/aromatic N) is 5. The van der Waals surface area contributed by atoms with E-state index in [9.17, 15) is 4.79 Å². The standard InChI is InChI=1S/C21H20N6O4S/c1-12-18(24-26-27(12)16-11-15(30-3)8-9-17(16)31-4)19-22-21(32-25-19)23-20(28)13-6-5-7-14(10-13)29-2/h5-11H,1-4H3,(H,22,23,25,28). The minimum Gasteiger partial charge on any atom is -0.497 e. The summed E-state index contributed by atoms with van der Waals surface area (Å²) in [6, 6.07) is 12.2. The van der Waals surface area contributed by atoms with Crippen LogP contribution in [0.5, 0.6) is 17.2 Å². The van der Waals surface area contributed by atoms with Crippen molar-refractivity contribution in [2.75, 3.05) is 26.6 Å². The summed E-state index contributed by atoms with van der Waals surface area (Å²) in [5, 5.41) is 11.6. The van der Waals surface area contributed by atoms with E-state index in [4.69, 9.17) is 14.2 Å². The maximum Gasteiger partial charge on any atom is 0.257 e. The van der Waals surface area contributed by atoms with Crippen molar-refractivity contribution >= 4 is 22.6 Å². The van der Waals surface area contributed by atoms with Gasteiger partial charge in [0.25, 0.3) is 5.91 Å². The first-order chi connectivity index (χ1) is 15.5. The highest BCUT2D eigenvalue weighted by atomic mass is 32.1. The van der Waals surface area contributed by atoms with Gasteiger partial charge in [-0.15, -0.1) is 5.10 Å². The SMILES string of the molecule is COc1cccc(C(=O)Nc2nc(-c3nnn(-c4cc(OC)ccc4OC)c3C)ns2)c1. The average molecular weight is 452 g/mol. The fraction of sp³-hybridized carbons (Fsp3) is 0.190. The molecule has 11 heteroatoms. The Bertz CT molecular complexity index is 1270. The van der Waals surface area contributed by atoms with Crippen LogP contribution in [0, 0.1) is 6.92 Å². The van der Waals surface area contributed by atoms with E-state index >= 15 is 0 Å². The summed E-state index contributed by atoms with van der Waals surface area (Å²) in [5.41, 5.74) is 2.33. The van der Waals surface area contributed by atoms with Gasteiger partial charge in [-0.25, -0.2) is 4.68 Å². The average Bonchev–Trinajstić information content (AvgIpc) is 3.44. The molecule has 0 unspecified atom stereocenters. The Kier molecular flexibility index (Phi) is 5.99. The molecule has 1 N–H and O–H groups in total. The van der Waals surface area contributed by atoms with E-state index in [1.54, 1.807) is 68.5 Å². The van der Waals surface area contributed by atoms with Crippen molar-refractivity contribution in [1.29, 1.82) is 0 Å². The Morgan fingerprint density at radius 1 is 1.03 bits per heavy atom. The quantitative estimate of drug-likeness (QED) is 0.454. The Labute approximate surface area is 187 Å². The number of carbonyl (C=O) groups excluding carboxylic acids is 1. The molecule has 0 fully saturated rings. The van der Waals surface area contributed by atoms with E-state index < -0.39 is 0 Å². The van der Waals surface area contributed by atoms with Crippen LogP contribution in [0.25, 0.3) is 17.2 Å². The maximum absolute atomic E-state index is 12.5. The Morgan fingerprint density at radius 2 is 1.81 bits per heavy atom. The molecule has 2 aromatic heterocycles. The Hall–Kier alpha value is -3.99. The largest absolute Gasteiger partial charge is 0.497 e. The molecule has 0 radical (unpaired) electrons. The number of rotatable bonds is 7. The highest BCUT2D eigenvalue weighted by Gasteiger charge is 2.20. The van der Waals surface area contributed by atoms with Gasteiger partial charge in [0, 0.05) is 23.2 Å². The topological polar surface area (TPSA) is 113 Å². The van der Waals surface area contributed by atoms with Crippen LogP contribution in [0.15, 0.2) is 42.5 Å². The van der Waals surface area contributed by atoms with Gasteiger partial charge in [0.2, 0.25) is 5.13 Å². The monoisotopic (exact) mass is 452 g/mol. The third-order valence-electron chi connectivity index (χ3n) is 4.70. The lowest BCUT2D eigenvalue weighted by molar-refractivity contribution is 0.102. The number of hydrogen-bond donors (Lipinski definition) is 1. The van der Waals surface area contributed by atoms with E-state index in [-0.39, 0.29) is 5.91 Å². The highest BCUT2D eigenvalue weighted by molar-refractivity contribution is 7.10. The summed E-state index contributed by atoms with van der Waals surface area (Å²) in [6.45, 7) is 1.85. The van der Waals surface area contributed by atoms with Gasteiger partial charge >= 0.3 is 0 Å². The number of anilines is 1. The predicted octanol–water partition coefficient (Wildman–Crippen LogP) is 3.37. The molecule has 1 amide bonds. The van der Waals surface area contributed by atoms with Crippen LogP contribution in [-0.4, -0.2) is 51.6 Å². The number of benzene rings is 2. The van der Waals surface area contributed by atoms with Gasteiger partial charge in [0.15, 0.2) is 11.5 Å². The number of ether oxygens (including phenoxy) is 3. The number of amides is 1. The molecule has 2 heterocycles. The lowest BCUT2D eigenvalue weighted by Gasteiger charge is -2.11. The number of aromatic nitrogens is 5. The molecule has 0 saturated carbocycles. The second kappa shape index (κ2) is 9.02.